The second kappa shape index (κ2) is 4.34. The summed E-state index contributed by atoms with van der Waals surface area (Å²) in [4.78, 5) is 14.1. The number of pyridine rings is 1. The van der Waals surface area contributed by atoms with Crippen molar-refractivity contribution in [3.05, 3.63) is 57.0 Å². The standard InChI is InChI=1S/C15H15F3N2O/c1-2-10-8-5-9(15(16,17)18)7-14(10,19)11-3-4-13(21)20-12(11)6-8/h2-5,8H,6-7,19H2,1H3,(H,20,21)/b10-2+/t8?,14-/m1/s1. The number of nitrogens with one attached hydrogen (secondary N) is 1. The van der Waals surface area contributed by atoms with Crippen LogP contribution in [0.5, 0.6) is 0 Å². The molecule has 6 heteroatoms. The molecule has 0 radical (unpaired) electrons. The van der Waals surface area contributed by atoms with Crippen molar-refractivity contribution < 1.29 is 13.2 Å². The van der Waals surface area contributed by atoms with Crippen molar-refractivity contribution in [2.24, 2.45) is 11.7 Å². The summed E-state index contributed by atoms with van der Waals surface area (Å²) in [6, 6.07) is 2.86. The zero-order valence-corrected chi connectivity index (χ0v) is 11.4. The lowest BCUT2D eigenvalue weighted by Gasteiger charge is -2.45. The molecule has 3 nitrogen and oxygen atoms in total. The average molecular weight is 296 g/mol. The van der Waals surface area contributed by atoms with E-state index in [-0.39, 0.29) is 12.0 Å². The third-order valence-corrected chi connectivity index (χ3v) is 4.37. The van der Waals surface area contributed by atoms with Crippen LogP contribution in [0.3, 0.4) is 0 Å². The van der Waals surface area contributed by atoms with Crippen LogP contribution in [0.1, 0.15) is 24.6 Å². The van der Waals surface area contributed by atoms with Gasteiger partial charge >= 0.3 is 6.18 Å². The summed E-state index contributed by atoms with van der Waals surface area (Å²) in [6.45, 7) is 1.78. The number of nitrogens with two attached hydrogens (primary N) is 1. The lowest BCUT2D eigenvalue weighted by molar-refractivity contribution is -0.0970. The van der Waals surface area contributed by atoms with Crippen molar-refractivity contribution in [3.8, 4) is 0 Å². The fraction of sp³-hybridized carbons (Fsp3) is 0.400. The normalized spacial score (nSPS) is 30.0. The average Bonchev–Trinajstić information content (AvgIpc) is 2.35. The van der Waals surface area contributed by atoms with E-state index in [1.165, 1.54) is 12.1 Å². The molecular weight excluding hydrogens is 281 g/mol. The molecule has 2 bridgehead atoms. The van der Waals surface area contributed by atoms with Crippen LogP contribution >= 0.6 is 0 Å². The summed E-state index contributed by atoms with van der Waals surface area (Å²) in [5, 5.41) is 0. The number of H-pyrrole nitrogens is 1. The Morgan fingerprint density at radius 1 is 1.43 bits per heavy atom. The molecule has 2 aliphatic carbocycles. The summed E-state index contributed by atoms with van der Waals surface area (Å²) in [5.41, 5.74) is 6.33. The molecule has 0 saturated carbocycles. The van der Waals surface area contributed by atoms with E-state index in [1.807, 2.05) is 0 Å². The highest BCUT2D eigenvalue weighted by molar-refractivity contribution is 5.49. The van der Waals surface area contributed by atoms with Gasteiger partial charge in [-0.1, -0.05) is 12.2 Å². The molecule has 0 aromatic carbocycles. The highest BCUT2D eigenvalue weighted by Crippen LogP contribution is 2.50. The molecule has 1 heterocycles. The van der Waals surface area contributed by atoms with E-state index in [0.29, 0.717) is 17.7 Å². The van der Waals surface area contributed by atoms with Gasteiger partial charge in [-0.2, -0.15) is 13.2 Å². The fourth-order valence-electron chi connectivity index (χ4n) is 3.53. The SMILES string of the molecule is C/C=C1\C2C=C(C(F)(F)F)C[C@]1(N)c1ccc(=O)[nH]c1C2. The van der Waals surface area contributed by atoms with Gasteiger partial charge in [-0.25, -0.2) is 0 Å². The van der Waals surface area contributed by atoms with Gasteiger partial charge in [-0.3, -0.25) is 4.79 Å². The lowest BCUT2D eigenvalue weighted by atomic mass is 9.63. The molecule has 0 amide bonds. The molecule has 2 atom stereocenters. The monoisotopic (exact) mass is 296 g/mol. The van der Waals surface area contributed by atoms with E-state index < -0.39 is 23.2 Å². The van der Waals surface area contributed by atoms with Crippen LogP contribution in [0.4, 0.5) is 13.2 Å². The first-order valence-electron chi connectivity index (χ1n) is 6.72. The molecule has 112 valence electrons. The number of hydrogen-bond acceptors (Lipinski definition) is 2. The zero-order chi connectivity index (χ0) is 15.4. The molecule has 3 N–H and O–H groups in total. The first-order chi connectivity index (χ1) is 9.75. The summed E-state index contributed by atoms with van der Waals surface area (Å²) in [5.74, 6) is -0.420. The molecule has 3 rings (SSSR count). The van der Waals surface area contributed by atoms with Gasteiger partial charge in [0.1, 0.15) is 0 Å². The number of aromatic nitrogens is 1. The Morgan fingerprint density at radius 3 is 2.76 bits per heavy atom. The van der Waals surface area contributed by atoms with Crippen LogP contribution in [0, 0.1) is 5.92 Å². The minimum Gasteiger partial charge on any atom is -0.326 e. The van der Waals surface area contributed by atoms with Gasteiger partial charge in [0.05, 0.1) is 5.54 Å². The Hall–Kier alpha value is -1.82. The molecule has 1 aromatic rings. The first kappa shape index (κ1) is 14.1. The van der Waals surface area contributed by atoms with E-state index in [9.17, 15) is 18.0 Å². The summed E-state index contributed by atoms with van der Waals surface area (Å²) >= 11 is 0. The van der Waals surface area contributed by atoms with Crippen LogP contribution in [0.25, 0.3) is 0 Å². The second-order valence-corrected chi connectivity index (χ2v) is 5.61. The molecule has 1 aromatic heterocycles. The summed E-state index contributed by atoms with van der Waals surface area (Å²) in [7, 11) is 0. The Balaban J connectivity index is 2.22. The highest BCUT2D eigenvalue weighted by Gasteiger charge is 2.49. The maximum atomic E-state index is 13.1. The third kappa shape index (κ3) is 2.05. The number of fused-ring (bicyclic) bond motifs is 4. The van der Waals surface area contributed by atoms with Crippen molar-refractivity contribution in [2.75, 3.05) is 0 Å². The summed E-state index contributed by atoms with van der Waals surface area (Å²) < 4.78 is 39.3. The van der Waals surface area contributed by atoms with E-state index >= 15 is 0 Å². The van der Waals surface area contributed by atoms with Gasteiger partial charge in [0.15, 0.2) is 0 Å². The van der Waals surface area contributed by atoms with Crippen LogP contribution in [-0.4, -0.2) is 11.2 Å². The largest absolute Gasteiger partial charge is 0.412 e. The molecule has 0 saturated heterocycles. The van der Waals surface area contributed by atoms with Gasteiger partial charge in [-0.15, -0.1) is 0 Å². The van der Waals surface area contributed by atoms with E-state index in [4.69, 9.17) is 5.73 Å². The van der Waals surface area contributed by atoms with Crippen LogP contribution in [0.2, 0.25) is 0 Å². The molecule has 21 heavy (non-hydrogen) atoms. The highest BCUT2D eigenvalue weighted by atomic mass is 19.4. The minimum atomic E-state index is -4.37. The third-order valence-electron chi connectivity index (χ3n) is 4.37. The van der Waals surface area contributed by atoms with Crippen molar-refractivity contribution in [1.29, 1.82) is 0 Å². The molecule has 2 aliphatic rings. The molecule has 1 unspecified atom stereocenters. The molecule has 0 aliphatic heterocycles. The predicted octanol–water partition coefficient (Wildman–Crippen LogP) is 2.54. The van der Waals surface area contributed by atoms with E-state index in [2.05, 4.69) is 4.98 Å². The van der Waals surface area contributed by atoms with Gasteiger partial charge in [0.2, 0.25) is 5.56 Å². The topological polar surface area (TPSA) is 58.9 Å². The predicted molar refractivity (Wildman–Crippen MR) is 72.6 cm³/mol. The number of rotatable bonds is 0. The lowest BCUT2D eigenvalue weighted by Crippen LogP contribution is -2.49. The Kier molecular flexibility index (Phi) is 2.92. The van der Waals surface area contributed by atoms with Crippen molar-refractivity contribution in [3.63, 3.8) is 0 Å². The van der Waals surface area contributed by atoms with Crippen molar-refractivity contribution in [2.45, 2.75) is 31.5 Å². The number of hydrogen-bond donors (Lipinski definition) is 2. The van der Waals surface area contributed by atoms with E-state index in [1.54, 1.807) is 19.1 Å². The van der Waals surface area contributed by atoms with Gasteiger partial charge in [-0.05, 0) is 30.5 Å². The smallest absolute Gasteiger partial charge is 0.326 e. The number of allylic oxidation sites excluding steroid dienone is 2. The number of aromatic amines is 1. The fourth-order valence-corrected chi connectivity index (χ4v) is 3.53. The van der Waals surface area contributed by atoms with Crippen molar-refractivity contribution in [1.82, 2.24) is 4.98 Å². The van der Waals surface area contributed by atoms with E-state index in [0.717, 1.165) is 5.57 Å². The summed E-state index contributed by atoms with van der Waals surface area (Å²) in [6.07, 6.45) is -1.30. The quantitative estimate of drug-likeness (QED) is 0.723. The minimum absolute atomic E-state index is 0.264. The maximum absolute atomic E-state index is 13.1. The van der Waals surface area contributed by atoms with Crippen LogP contribution in [0.15, 0.2) is 40.2 Å². The first-order valence-corrected chi connectivity index (χ1v) is 6.72. The van der Waals surface area contributed by atoms with Gasteiger partial charge in [0, 0.05) is 29.7 Å². The number of alkyl halides is 3. The van der Waals surface area contributed by atoms with Crippen molar-refractivity contribution >= 4 is 0 Å². The Labute approximate surface area is 119 Å². The van der Waals surface area contributed by atoms with Gasteiger partial charge in [0.25, 0.3) is 0 Å². The zero-order valence-electron chi connectivity index (χ0n) is 11.4. The molecule has 0 fully saturated rings. The van der Waals surface area contributed by atoms with Crippen LogP contribution < -0.4 is 11.3 Å². The Morgan fingerprint density at radius 2 is 2.14 bits per heavy atom. The van der Waals surface area contributed by atoms with Crippen LogP contribution in [-0.2, 0) is 12.0 Å². The second-order valence-electron chi connectivity index (χ2n) is 5.61. The van der Waals surface area contributed by atoms with Gasteiger partial charge < -0.3 is 10.7 Å². The molecule has 0 spiro atoms. The Bertz CT molecular complexity index is 714. The maximum Gasteiger partial charge on any atom is 0.412 e. The number of halogens is 3. The molecular formula is C15H15F3N2O.